The van der Waals surface area contributed by atoms with Crippen molar-refractivity contribution in [1.82, 2.24) is 14.9 Å². The first-order valence-electron chi connectivity index (χ1n) is 6.29. The summed E-state index contributed by atoms with van der Waals surface area (Å²) >= 11 is 0. The van der Waals surface area contributed by atoms with Gasteiger partial charge in [-0.3, -0.25) is 5.43 Å². The zero-order valence-electron chi connectivity index (χ0n) is 11.7. The van der Waals surface area contributed by atoms with Gasteiger partial charge in [-0.2, -0.15) is 4.98 Å². The van der Waals surface area contributed by atoms with Crippen LogP contribution in [0, 0.1) is 6.92 Å². The normalized spacial score (nSPS) is 11.1. The molecule has 0 aliphatic heterocycles. The summed E-state index contributed by atoms with van der Waals surface area (Å²) in [6, 6.07) is 0.582. The maximum atomic E-state index is 5.29. The minimum Gasteiger partial charge on any atom is -0.370 e. The fraction of sp³-hybridized carbons (Fsp3) is 0.667. The smallest absolute Gasteiger partial charge is 0.239 e. The number of anilines is 2. The molecule has 6 nitrogen and oxygen atoms in total. The molecule has 1 aromatic heterocycles. The lowest BCUT2D eigenvalue weighted by molar-refractivity contribution is 0.273. The molecule has 0 saturated heterocycles. The highest BCUT2D eigenvalue weighted by atomic mass is 15.3. The van der Waals surface area contributed by atoms with Crippen molar-refractivity contribution < 1.29 is 0 Å². The molecule has 0 atom stereocenters. The summed E-state index contributed by atoms with van der Waals surface area (Å²) < 4.78 is 0. The van der Waals surface area contributed by atoms with E-state index in [1.807, 2.05) is 6.92 Å². The van der Waals surface area contributed by atoms with Crippen LogP contribution in [0.3, 0.4) is 0 Å². The molecule has 0 radical (unpaired) electrons. The summed E-state index contributed by atoms with van der Waals surface area (Å²) in [6.07, 6.45) is 2.83. The average Bonchev–Trinajstić information content (AvgIpc) is 2.36. The van der Waals surface area contributed by atoms with E-state index in [1.165, 1.54) is 0 Å². The van der Waals surface area contributed by atoms with E-state index in [0.29, 0.717) is 12.0 Å². The number of nitrogens with zero attached hydrogens (tertiary/aromatic N) is 3. The summed E-state index contributed by atoms with van der Waals surface area (Å²) in [6.45, 7) is 8.32. The second-order valence-corrected chi connectivity index (χ2v) is 4.72. The molecule has 1 aromatic rings. The minimum atomic E-state index is 0.433. The van der Waals surface area contributed by atoms with Crippen LogP contribution in [0.2, 0.25) is 0 Å². The van der Waals surface area contributed by atoms with Crippen molar-refractivity contribution in [3.05, 3.63) is 11.8 Å². The molecule has 0 aliphatic rings. The predicted octanol–water partition coefficient (Wildman–Crippen LogP) is 1.21. The number of hydrazine groups is 1. The van der Waals surface area contributed by atoms with E-state index in [1.54, 1.807) is 6.20 Å². The van der Waals surface area contributed by atoms with Crippen LogP contribution in [0.5, 0.6) is 0 Å². The van der Waals surface area contributed by atoms with Gasteiger partial charge in [-0.1, -0.05) is 0 Å². The molecule has 6 heteroatoms. The maximum absolute atomic E-state index is 5.29. The Bertz CT molecular complexity index is 366. The molecule has 18 heavy (non-hydrogen) atoms. The summed E-state index contributed by atoms with van der Waals surface area (Å²) in [5.74, 6) is 6.56. The number of nitrogens with one attached hydrogen (secondary N) is 2. The van der Waals surface area contributed by atoms with Gasteiger partial charge >= 0.3 is 0 Å². The molecule has 0 amide bonds. The zero-order valence-corrected chi connectivity index (χ0v) is 11.7. The molecule has 0 aliphatic carbocycles. The second kappa shape index (κ2) is 7.13. The third-order valence-corrected chi connectivity index (χ3v) is 2.96. The second-order valence-electron chi connectivity index (χ2n) is 4.72. The molecule has 4 N–H and O–H groups in total. The lowest BCUT2D eigenvalue weighted by Gasteiger charge is -2.20. The Morgan fingerprint density at radius 1 is 1.44 bits per heavy atom. The topological polar surface area (TPSA) is 79.1 Å². The Morgan fingerprint density at radius 2 is 2.17 bits per heavy atom. The largest absolute Gasteiger partial charge is 0.370 e. The third kappa shape index (κ3) is 4.46. The maximum Gasteiger partial charge on any atom is 0.239 e. The number of aromatic nitrogens is 2. The molecule has 102 valence electrons. The number of rotatable bonds is 7. The number of hydrogen-bond acceptors (Lipinski definition) is 6. The van der Waals surface area contributed by atoms with Gasteiger partial charge in [-0.05, 0) is 40.8 Å². The summed E-state index contributed by atoms with van der Waals surface area (Å²) in [4.78, 5) is 10.6. The van der Waals surface area contributed by atoms with Gasteiger partial charge in [-0.15, -0.1) is 0 Å². The van der Waals surface area contributed by atoms with Crippen LogP contribution in [-0.4, -0.2) is 41.0 Å². The van der Waals surface area contributed by atoms with Crippen LogP contribution in [0.25, 0.3) is 0 Å². The van der Waals surface area contributed by atoms with Crippen LogP contribution < -0.4 is 16.6 Å². The van der Waals surface area contributed by atoms with Gasteiger partial charge in [0.1, 0.15) is 5.82 Å². The predicted molar refractivity (Wildman–Crippen MR) is 75.5 cm³/mol. The molecule has 0 fully saturated rings. The van der Waals surface area contributed by atoms with Crippen LogP contribution >= 0.6 is 0 Å². The van der Waals surface area contributed by atoms with E-state index in [4.69, 9.17) is 5.84 Å². The van der Waals surface area contributed by atoms with Crippen LogP contribution in [0.1, 0.15) is 25.8 Å². The van der Waals surface area contributed by atoms with Crippen molar-refractivity contribution in [1.29, 1.82) is 0 Å². The van der Waals surface area contributed by atoms with Crippen molar-refractivity contribution in [2.75, 3.05) is 30.9 Å². The fourth-order valence-corrected chi connectivity index (χ4v) is 1.48. The molecule has 0 unspecified atom stereocenters. The van der Waals surface area contributed by atoms with Crippen LogP contribution in [0.15, 0.2) is 6.20 Å². The standard InChI is InChI=1S/C12H24N6/c1-9(2)18(4)7-5-6-14-11-10(3)8-15-12(16-11)17-13/h8-9H,5-7,13H2,1-4H3,(H2,14,15,16,17). The number of nitrogen functional groups attached to an aromatic ring is 1. The van der Waals surface area contributed by atoms with Gasteiger partial charge in [0.25, 0.3) is 0 Å². The SMILES string of the molecule is Cc1cnc(NN)nc1NCCCN(C)C(C)C. The zero-order chi connectivity index (χ0) is 13.5. The van der Waals surface area contributed by atoms with E-state index in [-0.39, 0.29) is 0 Å². The van der Waals surface area contributed by atoms with E-state index in [0.717, 1.165) is 30.9 Å². The summed E-state index contributed by atoms with van der Waals surface area (Å²) in [5.41, 5.74) is 3.47. The molecule has 1 heterocycles. The van der Waals surface area contributed by atoms with Gasteiger partial charge in [0.05, 0.1) is 0 Å². The Kier molecular flexibility index (Phi) is 5.80. The van der Waals surface area contributed by atoms with Gasteiger partial charge in [0, 0.05) is 24.3 Å². The van der Waals surface area contributed by atoms with Crippen LogP contribution in [0.4, 0.5) is 11.8 Å². The third-order valence-electron chi connectivity index (χ3n) is 2.96. The first-order valence-corrected chi connectivity index (χ1v) is 6.29. The van der Waals surface area contributed by atoms with E-state index in [2.05, 4.69) is 46.5 Å². The summed E-state index contributed by atoms with van der Waals surface area (Å²) in [5, 5.41) is 3.31. The number of nitrogens with two attached hydrogens (primary N) is 1. The highest BCUT2D eigenvalue weighted by molar-refractivity contribution is 5.45. The summed E-state index contributed by atoms with van der Waals surface area (Å²) in [7, 11) is 2.14. The molecule has 0 saturated carbocycles. The van der Waals surface area contributed by atoms with Gasteiger partial charge < -0.3 is 10.2 Å². The van der Waals surface area contributed by atoms with Gasteiger partial charge in [-0.25, -0.2) is 10.8 Å². The Labute approximate surface area is 109 Å². The van der Waals surface area contributed by atoms with Crippen molar-refractivity contribution in [2.24, 2.45) is 5.84 Å². The van der Waals surface area contributed by atoms with Crippen LogP contribution in [-0.2, 0) is 0 Å². The first kappa shape index (κ1) is 14.7. The molecule has 0 spiro atoms. The molecular formula is C12H24N6. The van der Waals surface area contributed by atoms with E-state index in [9.17, 15) is 0 Å². The molecule has 1 rings (SSSR count). The fourth-order valence-electron chi connectivity index (χ4n) is 1.48. The highest BCUT2D eigenvalue weighted by Gasteiger charge is 2.04. The highest BCUT2D eigenvalue weighted by Crippen LogP contribution is 2.11. The van der Waals surface area contributed by atoms with E-state index >= 15 is 0 Å². The van der Waals surface area contributed by atoms with Crippen molar-refractivity contribution in [3.8, 4) is 0 Å². The average molecular weight is 252 g/mol. The van der Waals surface area contributed by atoms with Gasteiger partial charge in [0.15, 0.2) is 0 Å². The van der Waals surface area contributed by atoms with Crippen molar-refractivity contribution in [2.45, 2.75) is 33.2 Å². The van der Waals surface area contributed by atoms with Gasteiger partial charge in [0.2, 0.25) is 5.95 Å². The molecule has 0 bridgehead atoms. The Balaban J connectivity index is 2.39. The number of aryl methyl sites for hydroxylation is 1. The minimum absolute atomic E-state index is 0.433. The monoisotopic (exact) mass is 252 g/mol. The molecular weight excluding hydrogens is 228 g/mol. The number of hydrogen-bond donors (Lipinski definition) is 3. The first-order chi connectivity index (χ1) is 8.54. The molecule has 0 aromatic carbocycles. The lowest BCUT2D eigenvalue weighted by Crippen LogP contribution is -2.28. The Hall–Kier alpha value is -1.40. The van der Waals surface area contributed by atoms with Crippen molar-refractivity contribution in [3.63, 3.8) is 0 Å². The van der Waals surface area contributed by atoms with Crippen molar-refractivity contribution >= 4 is 11.8 Å². The Morgan fingerprint density at radius 3 is 2.78 bits per heavy atom. The van der Waals surface area contributed by atoms with E-state index < -0.39 is 0 Å². The lowest BCUT2D eigenvalue weighted by atomic mass is 10.3. The quantitative estimate of drug-likeness (QED) is 0.384.